The van der Waals surface area contributed by atoms with Crippen LogP contribution in [0.3, 0.4) is 0 Å². The molecule has 0 aromatic heterocycles. The molecular weight excluding hydrogens is 202 g/mol. The summed E-state index contributed by atoms with van der Waals surface area (Å²) >= 11 is 5.57. The highest BCUT2D eigenvalue weighted by atomic mass is 35.5. The summed E-state index contributed by atoms with van der Waals surface area (Å²) in [5, 5.41) is 2.30. The van der Waals surface area contributed by atoms with Crippen molar-refractivity contribution in [2.75, 3.05) is 13.2 Å². The molecule has 0 saturated heterocycles. The van der Waals surface area contributed by atoms with Gasteiger partial charge in [-0.1, -0.05) is 0 Å². The molecule has 14 heavy (non-hydrogen) atoms. The largest absolute Gasteiger partial charge is 0.379 e. The number of halogens is 1. The van der Waals surface area contributed by atoms with Crippen molar-refractivity contribution in [1.29, 1.82) is 0 Å². The molecule has 0 aliphatic rings. The van der Waals surface area contributed by atoms with Gasteiger partial charge in [-0.05, 0) is 33.6 Å². The standard InChI is InChI=1S/C10H20ClNO2/c1-8(2)14-7-5-4-6-12-10(13)9(3)11/h8-9H,4-7H2,1-3H3,(H,12,13). The average Bonchev–Trinajstić information content (AvgIpc) is 2.09. The van der Waals surface area contributed by atoms with Gasteiger partial charge in [0, 0.05) is 13.2 Å². The summed E-state index contributed by atoms with van der Waals surface area (Å²) in [6, 6.07) is 0. The number of ether oxygens (including phenoxy) is 1. The van der Waals surface area contributed by atoms with Crippen LogP contribution in [0, 0.1) is 0 Å². The number of hydrogen-bond donors (Lipinski definition) is 1. The number of carbonyl (C=O) groups is 1. The molecule has 84 valence electrons. The molecule has 0 radical (unpaired) electrons. The summed E-state index contributed by atoms with van der Waals surface area (Å²) in [4.78, 5) is 11.0. The van der Waals surface area contributed by atoms with E-state index in [1.165, 1.54) is 0 Å². The molecule has 0 fully saturated rings. The van der Waals surface area contributed by atoms with Crippen molar-refractivity contribution in [2.45, 2.75) is 45.1 Å². The van der Waals surface area contributed by atoms with Crippen molar-refractivity contribution in [3.05, 3.63) is 0 Å². The third-order valence-corrected chi connectivity index (χ3v) is 1.88. The van der Waals surface area contributed by atoms with Crippen LogP contribution < -0.4 is 5.32 Å². The molecule has 1 amide bonds. The molecule has 1 N–H and O–H groups in total. The quantitative estimate of drug-likeness (QED) is 0.527. The summed E-state index contributed by atoms with van der Waals surface area (Å²) in [7, 11) is 0. The Morgan fingerprint density at radius 3 is 2.50 bits per heavy atom. The SMILES string of the molecule is CC(C)OCCCCNC(=O)C(C)Cl. The fraction of sp³-hybridized carbons (Fsp3) is 0.900. The topological polar surface area (TPSA) is 38.3 Å². The highest BCUT2D eigenvalue weighted by Gasteiger charge is 2.06. The minimum absolute atomic E-state index is 0.101. The van der Waals surface area contributed by atoms with Crippen molar-refractivity contribution < 1.29 is 9.53 Å². The van der Waals surface area contributed by atoms with Crippen LogP contribution in [-0.4, -0.2) is 30.5 Å². The van der Waals surface area contributed by atoms with E-state index in [1.54, 1.807) is 6.92 Å². The number of carbonyl (C=O) groups excluding carboxylic acids is 1. The maximum Gasteiger partial charge on any atom is 0.237 e. The Kier molecular flexibility index (Phi) is 7.90. The minimum atomic E-state index is -0.443. The van der Waals surface area contributed by atoms with Crippen LogP contribution in [0.25, 0.3) is 0 Å². The van der Waals surface area contributed by atoms with Crippen LogP contribution in [0.5, 0.6) is 0 Å². The Labute approximate surface area is 91.2 Å². The summed E-state index contributed by atoms with van der Waals surface area (Å²) in [6.07, 6.45) is 2.18. The summed E-state index contributed by atoms with van der Waals surface area (Å²) < 4.78 is 5.36. The first-order valence-electron chi connectivity index (χ1n) is 5.07. The number of amides is 1. The van der Waals surface area contributed by atoms with Gasteiger partial charge < -0.3 is 10.1 Å². The maximum absolute atomic E-state index is 11.0. The van der Waals surface area contributed by atoms with Crippen molar-refractivity contribution in [3.8, 4) is 0 Å². The number of nitrogens with one attached hydrogen (secondary N) is 1. The van der Waals surface area contributed by atoms with E-state index in [0.29, 0.717) is 6.54 Å². The van der Waals surface area contributed by atoms with E-state index in [-0.39, 0.29) is 12.0 Å². The van der Waals surface area contributed by atoms with Crippen molar-refractivity contribution >= 4 is 17.5 Å². The number of rotatable bonds is 7. The van der Waals surface area contributed by atoms with E-state index in [9.17, 15) is 4.79 Å². The Morgan fingerprint density at radius 2 is 2.00 bits per heavy atom. The molecular formula is C10H20ClNO2. The molecule has 4 heteroatoms. The monoisotopic (exact) mass is 221 g/mol. The summed E-state index contributed by atoms with van der Waals surface area (Å²) in [5.74, 6) is -0.101. The zero-order valence-corrected chi connectivity index (χ0v) is 9.93. The van der Waals surface area contributed by atoms with Crippen molar-refractivity contribution in [1.82, 2.24) is 5.32 Å². The van der Waals surface area contributed by atoms with Gasteiger partial charge in [0.15, 0.2) is 0 Å². The molecule has 0 rings (SSSR count). The Bertz CT molecular complexity index is 160. The molecule has 0 aliphatic heterocycles. The van der Waals surface area contributed by atoms with Crippen LogP contribution in [0.4, 0.5) is 0 Å². The zero-order chi connectivity index (χ0) is 11.0. The third kappa shape index (κ3) is 8.32. The fourth-order valence-corrected chi connectivity index (χ4v) is 0.975. The number of hydrogen-bond acceptors (Lipinski definition) is 2. The normalized spacial score (nSPS) is 12.9. The molecule has 0 spiro atoms. The molecule has 0 aliphatic carbocycles. The number of alkyl halides is 1. The average molecular weight is 222 g/mol. The van der Waals surface area contributed by atoms with E-state index in [2.05, 4.69) is 5.32 Å². The van der Waals surface area contributed by atoms with Gasteiger partial charge in [-0.2, -0.15) is 0 Å². The van der Waals surface area contributed by atoms with Crippen LogP contribution in [0.1, 0.15) is 33.6 Å². The van der Waals surface area contributed by atoms with Crippen LogP contribution in [0.15, 0.2) is 0 Å². The fourth-order valence-electron chi connectivity index (χ4n) is 0.898. The van der Waals surface area contributed by atoms with Gasteiger partial charge in [0.05, 0.1) is 6.10 Å². The molecule has 0 aromatic carbocycles. The molecule has 0 saturated carbocycles. The predicted molar refractivity (Wildman–Crippen MR) is 58.6 cm³/mol. The van der Waals surface area contributed by atoms with Gasteiger partial charge in [-0.15, -0.1) is 11.6 Å². The lowest BCUT2D eigenvalue weighted by Crippen LogP contribution is -2.30. The van der Waals surface area contributed by atoms with Crippen LogP contribution in [-0.2, 0) is 9.53 Å². The van der Waals surface area contributed by atoms with E-state index in [1.807, 2.05) is 13.8 Å². The molecule has 3 nitrogen and oxygen atoms in total. The second-order valence-electron chi connectivity index (χ2n) is 3.53. The van der Waals surface area contributed by atoms with E-state index in [4.69, 9.17) is 16.3 Å². The predicted octanol–water partition coefficient (Wildman–Crippen LogP) is 1.94. The second-order valence-corrected chi connectivity index (χ2v) is 4.19. The lowest BCUT2D eigenvalue weighted by Gasteiger charge is -2.08. The highest BCUT2D eigenvalue weighted by Crippen LogP contribution is 1.95. The highest BCUT2D eigenvalue weighted by molar-refractivity contribution is 6.30. The van der Waals surface area contributed by atoms with Crippen LogP contribution >= 0.6 is 11.6 Å². The first-order valence-corrected chi connectivity index (χ1v) is 5.51. The van der Waals surface area contributed by atoms with Gasteiger partial charge in [0.25, 0.3) is 0 Å². The first-order chi connectivity index (χ1) is 6.54. The van der Waals surface area contributed by atoms with Gasteiger partial charge in [-0.25, -0.2) is 0 Å². The Hall–Kier alpha value is -0.280. The van der Waals surface area contributed by atoms with Gasteiger partial charge in [0.1, 0.15) is 5.38 Å². The summed E-state index contributed by atoms with van der Waals surface area (Å²) in [6.45, 7) is 7.12. The van der Waals surface area contributed by atoms with E-state index >= 15 is 0 Å². The smallest absolute Gasteiger partial charge is 0.237 e. The number of unbranched alkanes of at least 4 members (excludes halogenated alkanes) is 1. The van der Waals surface area contributed by atoms with E-state index in [0.717, 1.165) is 19.4 Å². The second kappa shape index (κ2) is 8.06. The molecule has 0 heterocycles. The van der Waals surface area contributed by atoms with E-state index < -0.39 is 5.38 Å². The Balaban J connectivity index is 3.18. The first kappa shape index (κ1) is 13.7. The maximum atomic E-state index is 11.0. The van der Waals surface area contributed by atoms with Crippen molar-refractivity contribution in [2.24, 2.45) is 0 Å². The van der Waals surface area contributed by atoms with Gasteiger partial charge in [-0.3, -0.25) is 4.79 Å². The molecule has 0 aromatic rings. The lowest BCUT2D eigenvalue weighted by molar-refractivity contribution is -0.120. The van der Waals surface area contributed by atoms with Crippen LogP contribution in [0.2, 0.25) is 0 Å². The summed E-state index contributed by atoms with van der Waals surface area (Å²) in [5.41, 5.74) is 0. The molecule has 1 unspecified atom stereocenters. The minimum Gasteiger partial charge on any atom is -0.379 e. The molecule has 1 atom stereocenters. The third-order valence-electron chi connectivity index (χ3n) is 1.68. The lowest BCUT2D eigenvalue weighted by atomic mass is 10.3. The molecule has 0 bridgehead atoms. The van der Waals surface area contributed by atoms with Gasteiger partial charge in [0.2, 0.25) is 5.91 Å². The Morgan fingerprint density at radius 1 is 1.36 bits per heavy atom. The van der Waals surface area contributed by atoms with Gasteiger partial charge >= 0.3 is 0 Å². The zero-order valence-electron chi connectivity index (χ0n) is 9.18. The van der Waals surface area contributed by atoms with Crippen molar-refractivity contribution in [3.63, 3.8) is 0 Å².